The number of carboxylic acid groups (broad SMARTS) is 1. The molecule has 0 saturated heterocycles. The third-order valence-electron chi connectivity index (χ3n) is 4.78. The minimum Gasteiger partial charge on any atom is -0.480 e. The van der Waals surface area contributed by atoms with E-state index in [2.05, 4.69) is 16.5 Å². The molecule has 1 heterocycles. The molecule has 1 aromatic carbocycles. The first-order chi connectivity index (χ1) is 16.6. The number of anilines is 1. The van der Waals surface area contributed by atoms with Crippen molar-refractivity contribution >= 4 is 17.5 Å². The summed E-state index contributed by atoms with van der Waals surface area (Å²) in [7, 11) is 0. The SMILES string of the molecule is C=C(/C=C\C(=C/C)C[C@H](N)C(=O)O)c1cc(OC(c2ccccc2C(F)(F)F)C(F)(F)F)nc(N)n1. The molecule has 7 nitrogen and oxygen atoms in total. The molecule has 0 bridgehead atoms. The van der Waals surface area contributed by atoms with Crippen LogP contribution in [0, 0.1) is 0 Å². The highest BCUT2D eigenvalue weighted by Gasteiger charge is 2.47. The molecule has 2 rings (SSSR count). The average molecular weight is 516 g/mol. The van der Waals surface area contributed by atoms with Gasteiger partial charge in [-0.25, -0.2) is 4.98 Å². The molecular weight excluding hydrogens is 494 g/mol. The lowest BCUT2D eigenvalue weighted by Gasteiger charge is -2.24. The third-order valence-corrected chi connectivity index (χ3v) is 4.78. The van der Waals surface area contributed by atoms with Crippen LogP contribution in [0.5, 0.6) is 5.88 Å². The van der Waals surface area contributed by atoms with Crippen LogP contribution in [0.1, 0.15) is 36.3 Å². The zero-order valence-electron chi connectivity index (χ0n) is 18.8. The number of carbonyl (C=O) groups is 1. The second kappa shape index (κ2) is 11.2. The quantitative estimate of drug-likeness (QED) is 0.314. The molecule has 0 radical (unpaired) electrons. The number of aromatic nitrogens is 2. The van der Waals surface area contributed by atoms with Crippen molar-refractivity contribution in [3.05, 3.63) is 77.5 Å². The fourth-order valence-electron chi connectivity index (χ4n) is 3.00. The van der Waals surface area contributed by atoms with E-state index in [9.17, 15) is 31.1 Å². The molecule has 2 atom stereocenters. The summed E-state index contributed by atoms with van der Waals surface area (Å²) < 4.78 is 86.2. The van der Waals surface area contributed by atoms with Crippen LogP contribution in [0.2, 0.25) is 0 Å². The van der Waals surface area contributed by atoms with E-state index in [1.807, 2.05) is 0 Å². The largest absolute Gasteiger partial charge is 0.480 e. The molecule has 0 saturated carbocycles. The van der Waals surface area contributed by atoms with E-state index in [4.69, 9.17) is 21.3 Å². The summed E-state index contributed by atoms with van der Waals surface area (Å²) in [5, 5.41) is 8.93. The number of hydrogen-bond donors (Lipinski definition) is 3. The average Bonchev–Trinajstić information content (AvgIpc) is 2.78. The predicted molar refractivity (Wildman–Crippen MR) is 119 cm³/mol. The monoisotopic (exact) mass is 516 g/mol. The summed E-state index contributed by atoms with van der Waals surface area (Å²) in [6, 6.07) is 2.93. The van der Waals surface area contributed by atoms with E-state index in [1.54, 1.807) is 13.0 Å². The molecule has 5 N–H and O–H groups in total. The minimum atomic E-state index is -5.23. The molecule has 0 aliphatic carbocycles. The second-order valence-electron chi connectivity index (χ2n) is 7.45. The van der Waals surface area contributed by atoms with E-state index in [0.29, 0.717) is 17.7 Å². The van der Waals surface area contributed by atoms with Crippen molar-refractivity contribution in [1.29, 1.82) is 0 Å². The number of nitrogens with zero attached hydrogens (tertiary/aromatic N) is 2. The number of aliphatic carboxylic acids is 1. The molecule has 36 heavy (non-hydrogen) atoms. The van der Waals surface area contributed by atoms with E-state index in [0.717, 1.165) is 18.2 Å². The van der Waals surface area contributed by atoms with Gasteiger partial charge in [0.25, 0.3) is 0 Å². The Bertz CT molecular complexity index is 1180. The number of alkyl halides is 6. The summed E-state index contributed by atoms with van der Waals surface area (Å²) in [5.41, 5.74) is 8.99. The lowest BCUT2D eigenvalue weighted by molar-refractivity contribution is -0.201. The normalized spacial score (nSPS) is 14.5. The van der Waals surface area contributed by atoms with Crippen LogP contribution in [-0.2, 0) is 11.0 Å². The minimum absolute atomic E-state index is 0.0121. The summed E-state index contributed by atoms with van der Waals surface area (Å²) in [5.74, 6) is -2.45. The standard InChI is InChI=1S/C23H22F6N4O3/c1-3-13(10-16(30)20(34)35)9-8-12(2)17-11-18(33-21(31)32-17)36-19(23(27,28)29)14-6-4-5-7-15(14)22(24,25)26/h3-9,11,16,19H,2,10,30H2,1H3,(H,34,35)(H2,31,32,33)/b9-8-,13-3+/t16-,19?/m0/s1. The molecule has 0 aliphatic rings. The van der Waals surface area contributed by atoms with Gasteiger partial charge in [0, 0.05) is 11.6 Å². The van der Waals surface area contributed by atoms with Gasteiger partial charge in [-0.05, 0) is 25.0 Å². The van der Waals surface area contributed by atoms with Crippen molar-refractivity contribution < 1.29 is 41.0 Å². The Labute approximate surface area is 201 Å². The van der Waals surface area contributed by atoms with Gasteiger partial charge in [0.1, 0.15) is 6.04 Å². The molecule has 0 amide bonds. The first-order valence-corrected chi connectivity index (χ1v) is 10.2. The number of carboxylic acids is 1. The van der Waals surface area contributed by atoms with E-state index in [-0.39, 0.29) is 17.7 Å². The Kier molecular flexibility index (Phi) is 8.86. The number of ether oxygens (including phenoxy) is 1. The maximum absolute atomic E-state index is 13.8. The lowest BCUT2D eigenvalue weighted by atomic mass is 10.0. The number of halogens is 6. The van der Waals surface area contributed by atoms with Crippen molar-refractivity contribution in [2.75, 3.05) is 5.73 Å². The van der Waals surface area contributed by atoms with Gasteiger partial charge in [-0.3, -0.25) is 4.79 Å². The number of rotatable bonds is 9. The highest BCUT2D eigenvalue weighted by molar-refractivity contribution is 5.74. The number of nitrogens with two attached hydrogens (primary N) is 2. The van der Waals surface area contributed by atoms with Crippen LogP contribution in [0.25, 0.3) is 5.57 Å². The summed E-state index contributed by atoms with van der Waals surface area (Å²) in [6.07, 6.45) is -8.86. The summed E-state index contributed by atoms with van der Waals surface area (Å²) in [4.78, 5) is 18.4. The highest BCUT2D eigenvalue weighted by Crippen LogP contribution is 2.42. The van der Waals surface area contributed by atoms with Crippen LogP contribution < -0.4 is 16.2 Å². The Hall–Kier alpha value is -3.87. The zero-order valence-corrected chi connectivity index (χ0v) is 18.8. The van der Waals surface area contributed by atoms with Crippen molar-refractivity contribution in [3.63, 3.8) is 0 Å². The Morgan fingerprint density at radius 2 is 1.81 bits per heavy atom. The third kappa shape index (κ3) is 7.57. The van der Waals surface area contributed by atoms with Gasteiger partial charge in [-0.2, -0.15) is 31.3 Å². The number of hydrogen-bond acceptors (Lipinski definition) is 6. The van der Waals surface area contributed by atoms with Gasteiger partial charge in [0.05, 0.1) is 11.3 Å². The highest BCUT2D eigenvalue weighted by atomic mass is 19.4. The zero-order chi connectivity index (χ0) is 27.3. The molecule has 0 spiro atoms. The molecule has 0 aliphatic heterocycles. The van der Waals surface area contributed by atoms with Gasteiger partial charge in [0.2, 0.25) is 17.9 Å². The smallest absolute Gasteiger partial charge is 0.429 e. The van der Waals surface area contributed by atoms with Crippen LogP contribution in [0.15, 0.2) is 60.7 Å². The van der Waals surface area contributed by atoms with Crippen LogP contribution in [0.3, 0.4) is 0 Å². The maximum atomic E-state index is 13.8. The molecule has 0 fully saturated rings. The Balaban J connectivity index is 2.39. The van der Waals surface area contributed by atoms with Crippen LogP contribution >= 0.6 is 0 Å². The first kappa shape index (κ1) is 28.4. The molecule has 1 aromatic heterocycles. The Morgan fingerprint density at radius 3 is 2.36 bits per heavy atom. The predicted octanol–water partition coefficient (Wildman–Crippen LogP) is 5.08. The van der Waals surface area contributed by atoms with Gasteiger partial charge >= 0.3 is 18.3 Å². The molecule has 13 heteroatoms. The fraction of sp³-hybridized carbons (Fsp3) is 0.261. The fourth-order valence-corrected chi connectivity index (χ4v) is 3.00. The Morgan fingerprint density at radius 1 is 1.17 bits per heavy atom. The second-order valence-corrected chi connectivity index (χ2v) is 7.45. The van der Waals surface area contributed by atoms with Gasteiger partial charge in [0.15, 0.2) is 0 Å². The van der Waals surface area contributed by atoms with Gasteiger partial charge < -0.3 is 21.3 Å². The van der Waals surface area contributed by atoms with E-state index in [1.165, 1.54) is 12.2 Å². The molecular formula is C23H22F6N4O3. The van der Waals surface area contributed by atoms with Crippen molar-refractivity contribution in [2.24, 2.45) is 5.73 Å². The number of benzene rings is 1. The first-order valence-electron chi connectivity index (χ1n) is 10.2. The number of nitrogen functional groups attached to an aromatic ring is 1. The number of allylic oxidation sites excluding steroid dienone is 4. The topological polar surface area (TPSA) is 124 Å². The molecule has 194 valence electrons. The van der Waals surface area contributed by atoms with Crippen LogP contribution in [0.4, 0.5) is 32.3 Å². The van der Waals surface area contributed by atoms with E-state index < -0.39 is 53.4 Å². The van der Waals surface area contributed by atoms with E-state index >= 15 is 0 Å². The van der Waals surface area contributed by atoms with Gasteiger partial charge in [-0.1, -0.05) is 48.6 Å². The van der Waals surface area contributed by atoms with Crippen molar-refractivity contribution in [1.82, 2.24) is 9.97 Å². The molecule has 1 unspecified atom stereocenters. The lowest BCUT2D eigenvalue weighted by Crippen LogP contribution is -2.30. The summed E-state index contributed by atoms with van der Waals surface area (Å²) in [6.45, 7) is 5.37. The maximum Gasteiger partial charge on any atom is 0.429 e. The summed E-state index contributed by atoms with van der Waals surface area (Å²) >= 11 is 0. The van der Waals surface area contributed by atoms with Crippen molar-refractivity contribution in [2.45, 2.75) is 37.8 Å². The van der Waals surface area contributed by atoms with Crippen LogP contribution in [-0.4, -0.2) is 33.3 Å². The van der Waals surface area contributed by atoms with Crippen molar-refractivity contribution in [3.8, 4) is 5.88 Å². The molecule has 2 aromatic rings. The van der Waals surface area contributed by atoms with Gasteiger partial charge in [-0.15, -0.1) is 0 Å².